The third-order valence-corrected chi connectivity index (χ3v) is 6.42. The third kappa shape index (κ3) is 2.90. The van der Waals surface area contributed by atoms with Crippen molar-refractivity contribution in [3.63, 3.8) is 0 Å². The normalized spacial score (nSPS) is 21.9. The lowest BCUT2D eigenvalue weighted by molar-refractivity contribution is 0.0712. The van der Waals surface area contributed by atoms with Gasteiger partial charge in [0.15, 0.2) is 0 Å². The molecule has 2 aliphatic heterocycles. The second kappa shape index (κ2) is 6.34. The molecule has 27 heavy (non-hydrogen) atoms. The van der Waals surface area contributed by atoms with E-state index in [0.29, 0.717) is 11.6 Å². The number of pyridine rings is 1. The molecule has 1 saturated carbocycles. The van der Waals surface area contributed by atoms with Gasteiger partial charge < -0.3 is 15.2 Å². The summed E-state index contributed by atoms with van der Waals surface area (Å²) in [6.07, 6.45) is 8.85. The summed E-state index contributed by atoms with van der Waals surface area (Å²) in [5.74, 6) is 0.914. The Hall–Kier alpha value is -2.41. The molecule has 0 atom stereocenters. The molecule has 5 rings (SSSR count). The first-order valence-corrected chi connectivity index (χ1v) is 9.91. The topological polar surface area (TPSA) is 77.2 Å². The summed E-state index contributed by atoms with van der Waals surface area (Å²) in [5, 5.41) is 3.06. The van der Waals surface area contributed by atoms with Gasteiger partial charge in [-0.3, -0.25) is 9.69 Å². The minimum Gasteiger partial charge on any atom is -0.356 e. The smallest absolute Gasteiger partial charge is 0.251 e. The highest BCUT2D eigenvalue weighted by Crippen LogP contribution is 2.41. The molecule has 3 aliphatic rings. The number of carbonyl (C=O) groups is 1. The van der Waals surface area contributed by atoms with Crippen LogP contribution in [0.2, 0.25) is 0 Å². The van der Waals surface area contributed by atoms with Crippen LogP contribution < -0.4 is 10.2 Å². The van der Waals surface area contributed by atoms with Gasteiger partial charge in [-0.25, -0.2) is 9.97 Å². The van der Waals surface area contributed by atoms with Crippen molar-refractivity contribution >= 4 is 11.7 Å². The van der Waals surface area contributed by atoms with Crippen molar-refractivity contribution in [1.82, 2.24) is 25.2 Å². The first-order chi connectivity index (χ1) is 13.2. The van der Waals surface area contributed by atoms with E-state index in [0.717, 1.165) is 57.6 Å². The summed E-state index contributed by atoms with van der Waals surface area (Å²) in [4.78, 5) is 29.7. The van der Waals surface area contributed by atoms with E-state index in [-0.39, 0.29) is 11.4 Å². The van der Waals surface area contributed by atoms with Gasteiger partial charge in [0.05, 0.1) is 17.6 Å². The van der Waals surface area contributed by atoms with Crippen LogP contribution in [-0.4, -0.2) is 58.5 Å². The van der Waals surface area contributed by atoms with E-state index in [1.54, 1.807) is 12.3 Å². The van der Waals surface area contributed by atoms with Crippen LogP contribution in [0.5, 0.6) is 0 Å². The van der Waals surface area contributed by atoms with Crippen LogP contribution in [0.4, 0.5) is 5.82 Å². The number of nitrogens with one attached hydrogen (secondary N) is 2. The zero-order chi connectivity index (χ0) is 18.4. The maximum atomic E-state index is 12.3. The van der Waals surface area contributed by atoms with Crippen molar-refractivity contribution < 1.29 is 4.79 Å². The minimum atomic E-state index is 0.0165. The number of likely N-dealkylation sites (N-methyl/N-ethyl adjacent to an activating group) is 1. The van der Waals surface area contributed by atoms with Crippen molar-refractivity contribution in [3.05, 3.63) is 41.6 Å². The molecular formula is C20H26N6O. The van der Waals surface area contributed by atoms with Crippen LogP contribution in [0, 0.1) is 0 Å². The summed E-state index contributed by atoms with van der Waals surface area (Å²) in [6.45, 7) is 2.89. The molecule has 4 heterocycles. The maximum Gasteiger partial charge on any atom is 0.251 e. The fraction of sp³-hybridized carbons (Fsp3) is 0.550. The summed E-state index contributed by atoms with van der Waals surface area (Å²) in [6, 6.07) is 4.10. The van der Waals surface area contributed by atoms with Crippen molar-refractivity contribution in [3.8, 4) is 0 Å². The summed E-state index contributed by atoms with van der Waals surface area (Å²) < 4.78 is 0. The Labute approximate surface area is 159 Å². The molecule has 142 valence electrons. The Morgan fingerprint density at radius 3 is 2.85 bits per heavy atom. The molecule has 0 aromatic carbocycles. The number of carbonyl (C=O) groups excluding carboxylic acids is 1. The number of nitrogens with zero attached hydrogens (tertiary/aromatic N) is 4. The van der Waals surface area contributed by atoms with E-state index in [9.17, 15) is 4.79 Å². The van der Waals surface area contributed by atoms with Crippen LogP contribution in [0.3, 0.4) is 0 Å². The molecule has 2 fully saturated rings. The van der Waals surface area contributed by atoms with E-state index in [4.69, 9.17) is 0 Å². The van der Waals surface area contributed by atoms with Gasteiger partial charge in [-0.05, 0) is 44.9 Å². The lowest BCUT2D eigenvalue weighted by atomic mass is 9.79. The zero-order valence-electron chi connectivity index (χ0n) is 15.7. The SMILES string of the molecule is CN1CCc2[nH]cnc2C12CCN(c1cc(C(=O)NC3CC3)ccn1)CC2. The average molecular weight is 366 g/mol. The molecule has 7 nitrogen and oxygen atoms in total. The Kier molecular flexibility index (Phi) is 3.93. The highest BCUT2D eigenvalue weighted by molar-refractivity contribution is 5.95. The number of rotatable bonds is 3. The van der Waals surface area contributed by atoms with Crippen molar-refractivity contribution in [1.29, 1.82) is 0 Å². The molecule has 2 aromatic heterocycles. The van der Waals surface area contributed by atoms with E-state index in [2.05, 4.69) is 37.1 Å². The quantitative estimate of drug-likeness (QED) is 0.864. The van der Waals surface area contributed by atoms with Gasteiger partial charge >= 0.3 is 0 Å². The van der Waals surface area contributed by atoms with E-state index in [1.165, 1.54) is 11.4 Å². The van der Waals surface area contributed by atoms with Gasteiger partial charge in [0.1, 0.15) is 5.82 Å². The molecule has 1 saturated heterocycles. The zero-order valence-corrected chi connectivity index (χ0v) is 15.7. The first-order valence-electron chi connectivity index (χ1n) is 9.91. The fourth-order valence-electron chi connectivity index (χ4n) is 4.54. The number of hydrogen-bond acceptors (Lipinski definition) is 5. The van der Waals surface area contributed by atoms with E-state index < -0.39 is 0 Å². The molecule has 0 radical (unpaired) electrons. The number of imidazole rings is 1. The Morgan fingerprint density at radius 2 is 2.07 bits per heavy atom. The van der Waals surface area contributed by atoms with Crippen molar-refractivity contribution in [2.24, 2.45) is 0 Å². The monoisotopic (exact) mass is 366 g/mol. The molecule has 0 bridgehead atoms. The van der Waals surface area contributed by atoms with Crippen LogP contribution in [0.15, 0.2) is 24.7 Å². The lowest BCUT2D eigenvalue weighted by Gasteiger charge is -2.49. The van der Waals surface area contributed by atoms with Crippen LogP contribution >= 0.6 is 0 Å². The Balaban J connectivity index is 1.33. The predicted octanol–water partition coefficient (Wildman–Crippen LogP) is 1.68. The van der Waals surface area contributed by atoms with Gasteiger partial charge in [-0.15, -0.1) is 0 Å². The number of anilines is 1. The van der Waals surface area contributed by atoms with Crippen LogP contribution in [0.25, 0.3) is 0 Å². The molecule has 2 aromatic rings. The molecule has 0 unspecified atom stereocenters. The number of H-pyrrole nitrogens is 1. The van der Waals surface area contributed by atoms with E-state index >= 15 is 0 Å². The van der Waals surface area contributed by atoms with Gasteiger partial charge in [0, 0.05) is 49.6 Å². The van der Waals surface area contributed by atoms with Crippen LogP contribution in [0.1, 0.15) is 47.4 Å². The van der Waals surface area contributed by atoms with E-state index in [1.807, 2.05) is 12.4 Å². The van der Waals surface area contributed by atoms with Crippen LogP contribution in [-0.2, 0) is 12.0 Å². The van der Waals surface area contributed by atoms with Gasteiger partial charge in [0.25, 0.3) is 5.91 Å². The maximum absolute atomic E-state index is 12.3. The Morgan fingerprint density at radius 1 is 1.26 bits per heavy atom. The average Bonchev–Trinajstić information content (AvgIpc) is 3.38. The first kappa shape index (κ1) is 16.7. The fourth-order valence-corrected chi connectivity index (χ4v) is 4.54. The van der Waals surface area contributed by atoms with Crippen molar-refractivity contribution in [2.45, 2.75) is 43.7 Å². The Bertz CT molecular complexity index is 850. The van der Waals surface area contributed by atoms with Gasteiger partial charge in [-0.1, -0.05) is 0 Å². The summed E-state index contributed by atoms with van der Waals surface area (Å²) >= 11 is 0. The number of aromatic nitrogens is 3. The molecule has 1 amide bonds. The number of piperidine rings is 1. The highest BCUT2D eigenvalue weighted by atomic mass is 16.1. The standard InChI is InChI=1S/C20H26N6O/c1-25-9-5-16-18(23-13-22-16)20(25)6-10-26(11-7-20)17-12-14(4-8-21-17)19(27)24-15-2-3-15/h4,8,12-13,15H,2-3,5-7,9-11H2,1H3,(H,22,23)(H,24,27). The minimum absolute atomic E-state index is 0.0165. The predicted molar refractivity (Wildman–Crippen MR) is 103 cm³/mol. The number of aromatic amines is 1. The summed E-state index contributed by atoms with van der Waals surface area (Å²) in [5.41, 5.74) is 3.24. The van der Waals surface area contributed by atoms with Gasteiger partial charge in [-0.2, -0.15) is 0 Å². The largest absolute Gasteiger partial charge is 0.356 e. The van der Waals surface area contributed by atoms with Gasteiger partial charge in [0.2, 0.25) is 0 Å². The molecule has 2 N–H and O–H groups in total. The lowest BCUT2D eigenvalue weighted by Crippen LogP contribution is -2.55. The second-order valence-corrected chi connectivity index (χ2v) is 8.07. The number of amides is 1. The number of fused-ring (bicyclic) bond motifs is 2. The third-order valence-electron chi connectivity index (χ3n) is 6.42. The molecule has 1 spiro atoms. The molecular weight excluding hydrogens is 340 g/mol. The number of hydrogen-bond donors (Lipinski definition) is 2. The highest BCUT2D eigenvalue weighted by Gasteiger charge is 2.45. The molecule has 7 heteroatoms. The van der Waals surface area contributed by atoms with Crippen molar-refractivity contribution in [2.75, 3.05) is 31.6 Å². The second-order valence-electron chi connectivity index (χ2n) is 8.07. The summed E-state index contributed by atoms with van der Waals surface area (Å²) in [7, 11) is 2.22. The molecule has 1 aliphatic carbocycles.